The summed E-state index contributed by atoms with van der Waals surface area (Å²) in [5, 5.41) is 4.45. The average Bonchev–Trinajstić information content (AvgIpc) is 2.93. The van der Waals surface area contributed by atoms with E-state index in [1.807, 2.05) is 29.2 Å². The summed E-state index contributed by atoms with van der Waals surface area (Å²) in [5.74, 6) is 1.15. The number of aryl methyl sites for hydroxylation is 2. The Bertz CT molecular complexity index is 692. The van der Waals surface area contributed by atoms with E-state index in [2.05, 4.69) is 12.0 Å². The first-order chi connectivity index (χ1) is 11.5. The number of halogens is 1. The summed E-state index contributed by atoms with van der Waals surface area (Å²) in [6, 6.07) is 8.04. The molecule has 0 aliphatic carbocycles. The second-order valence-electron chi connectivity index (χ2n) is 6.35. The molecule has 0 N–H and O–H groups in total. The number of aromatic nitrogens is 2. The molecule has 1 aliphatic heterocycles. The molecule has 1 fully saturated rings. The molecule has 6 heteroatoms. The monoisotopic (exact) mass is 347 g/mol. The SMILES string of the molecule is Cc1ccc(OC[C@@H]2CCCN(C(=O)c3c(Cl)cnn3C)C2)cc1. The van der Waals surface area contributed by atoms with Crippen LogP contribution >= 0.6 is 11.6 Å². The Morgan fingerprint density at radius 2 is 2.12 bits per heavy atom. The summed E-state index contributed by atoms with van der Waals surface area (Å²) in [4.78, 5) is 14.6. The van der Waals surface area contributed by atoms with Crippen LogP contribution in [0.5, 0.6) is 5.75 Å². The maximum absolute atomic E-state index is 12.7. The lowest BCUT2D eigenvalue weighted by Crippen LogP contribution is -2.42. The molecule has 1 atom stereocenters. The standard InChI is InChI=1S/C18H22ClN3O2/c1-13-5-7-15(8-6-13)24-12-14-4-3-9-22(11-14)18(23)17-16(19)10-20-21(17)2/h5-8,10,14H,3-4,9,11-12H2,1-2H3/t14-/m1/s1. The van der Waals surface area contributed by atoms with Gasteiger partial charge >= 0.3 is 0 Å². The van der Waals surface area contributed by atoms with Gasteiger partial charge in [-0.1, -0.05) is 29.3 Å². The van der Waals surface area contributed by atoms with Crippen LogP contribution in [-0.4, -0.2) is 40.3 Å². The molecule has 1 aromatic carbocycles. The molecule has 5 nitrogen and oxygen atoms in total. The van der Waals surface area contributed by atoms with Crippen LogP contribution in [0.4, 0.5) is 0 Å². The number of ether oxygens (including phenoxy) is 1. The number of carbonyl (C=O) groups excluding carboxylic acids is 1. The zero-order valence-corrected chi connectivity index (χ0v) is 14.8. The third kappa shape index (κ3) is 3.73. The molecule has 0 unspecified atom stereocenters. The van der Waals surface area contributed by atoms with Gasteiger partial charge in [0.1, 0.15) is 11.4 Å². The van der Waals surface area contributed by atoms with Crippen LogP contribution in [-0.2, 0) is 7.05 Å². The zero-order chi connectivity index (χ0) is 17.1. The lowest BCUT2D eigenvalue weighted by Gasteiger charge is -2.32. The van der Waals surface area contributed by atoms with Crippen molar-refractivity contribution in [2.24, 2.45) is 13.0 Å². The predicted molar refractivity (Wildman–Crippen MR) is 93.5 cm³/mol. The Labute approximate surface area is 147 Å². The molecular formula is C18H22ClN3O2. The van der Waals surface area contributed by atoms with Crippen molar-refractivity contribution in [1.29, 1.82) is 0 Å². The highest BCUT2D eigenvalue weighted by atomic mass is 35.5. The van der Waals surface area contributed by atoms with Crippen LogP contribution in [0.2, 0.25) is 5.02 Å². The Morgan fingerprint density at radius 3 is 2.79 bits per heavy atom. The van der Waals surface area contributed by atoms with E-state index in [0.717, 1.165) is 25.1 Å². The van der Waals surface area contributed by atoms with Gasteiger partial charge in [-0.15, -0.1) is 0 Å². The van der Waals surface area contributed by atoms with Crippen LogP contribution < -0.4 is 4.74 Å². The summed E-state index contributed by atoms with van der Waals surface area (Å²) >= 11 is 6.09. The molecule has 0 spiro atoms. The predicted octanol–water partition coefficient (Wildman–Crippen LogP) is 3.31. The van der Waals surface area contributed by atoms with E-state index in [1.54, 1.807) is 7.05 Å². The number of rotatable bonds is 4. The van der Waals surface area contributed by atoms with Crippen LogP contribution in [0.15, 0.2) is 30.5 Å². The van der Waals surface area contributed by atoms with Crippen molar-refractivity contribution in [3.05, 3.63) is 46.7 Å². The van der Waals surface area contributed by atoms with E-state index in [4.69, 9.17) is 16.3 Å². The van der Waals surface area contributed by atoms with Crippen LogP contribution in [0.3, 0.4) is 0 Å². The van der Waals surface area contributed by atoms with Crippen molar-refractivity contribution in [2.75, 3.05) is 19.7 Å². The number of benzene rings is 1. The van der Waals surface area contributed by atoms with E-state index < -0.39 is 0 Å². The second kappa shape index (κ2) is 7.26. The molecular weight excluding hydrogens is 326 g/mol. The number of nitrogens with zero attached hydrogens (tertiary/aromatic N) is 3. The van der Waals surface area contributed by atoms with Crippen LogP contribution in [0.1, 0.15) is 28.9 Å². The quantitative estimate of drug-likeness (QED) is 0.852. The highest BCUT2D eigenvalue weighted by Crippen LogP contribution is 2.23. The maximum atomic E-state index is 12.7. The number of amides is 1. The minimum atomic E-state index is -0.0555. The van der Waals surface area contributed by atoms with Gasteiger partial charge in [0.2, 0.25) is 0 Å². The summed E-state index contributed by atoms with van der Waals surface area (Å²) in [5.41, 5.74) is 1.67. The lowest BCUT2D eigenvalue weighted by molar-refractivity contribution is 0.0622. The zero-order valence-electron chi connectivity index (χ0n) is 14.0. The molecule has 1 aromatic heterocycles. The van der Waals surface area contributed by atoms with Crippen molar-refractivity contribution in [2.45, 2.75) is 19.8 Å². The van der Waals surface area contributed by atoms with Gasteiger partial charge in [-0.25, -0.2) is 0 Å². The van der Waals surface area contributed by atoms with Crippen molar-refractivity contribution in [1.82, 2.24) is 14.7 Å². The first kappa shape index (κ1) is 16.8. The van der Waals surface area contributed by atoms with Crippen LogP contribution in [0.25, 0.3) is 0 Å². The molecule has 1 aliphatic rings. The van der Waals surface area contributed by atoms with Crippen molar-refractivity contribution in [3.63, 3.8) is 0 Å². The molecule has 2 heterocycles. The highest BCUT2D eigenvalue weighted by molar-refractivity contribution is 6.33. The fraction of sp³-hybridized carbons (Fsp3) is 0.444. The van der Waals surface area contributed by atoms with Crippen LogP contribution in [0, 0.1) is 12.8 Å². The van der Waals surface area contributed by atoms with Crippen molar-refractivity contribution in [3.8, 4) is 5.75 Å². The van der Waals surface area contributed by atoms with Gasteiger partial charge in [-0.3, -0.25) is 9.48 Å². The fourth-order valence-corrected chi connectivity index (χ4v) is 3.28. The third-order valence-corrected chi connectivity index (χ3v) is 4.69. The minimum Gasteiger partial charge on any atom is -0.493 e. The van der Waals surface area contributed by atoms with E-state index in [-0.39, 0.29) is 5.91 Å². The van der Waals surface area contributed by atoms with Gasteiger partial charge < -0.3 is 9.64 Å². The maximum Gasteiger partial charge on any atom is 0.273 e. The Kier molecular flexibility index (Phi) is 5.09. The molecule has 2 aromatic rings. The Morgan fingerprint density at radius 1 is 1.38 bits per heavy atom. The molecule has 24 heavy (non-hydrogen) atoms. The van der Waals surface area contributed by atoms with Gasteiger partial charge in [0, 0.05) is 26.1 Å². The van der Waals surface area contributed by atoms with E-state index in [9.17, 15) is 4.79 Å². The number of hydrogen-bond acceptors (Lipinski definition) is 3. The third-order valence-electron chi connectivity index (χ3n) is 4.41. The number of carbonyl (C=O) groups is 1. The number of likely N-dealkylation sites (tertiary alicyclic amines) is 1. The Hall–Kier alpha value is -2.01. The average molecular weight is 348 g/mol. The first-order valence-corrected chi connectivity index (χ1v) is 8.58. The molecule has 1 amide bonds. The Balaban J connectivity index is 1.60. The number of hydrogen-bond donors (Lipinski definition) is 0. The number of piperidine rings is 1. The summed E-state index contributed by atoms with van der Waals surface area (Å²) < 4.78 is 7.42. The first-order valence-electron chi connectivity index (χ1n) is 8.21. The van der Waals surface area contributed by atoms with E-state index >= 15 is 0 Å². The molecule has 1 saturated heterocycles. The second-order valence-corrected chi connectivity index (χ2v) is 6.76. The fourth-order valence-electron chi connectivity index (χ4n) is 3.04. The minimum absolute atomic E-state index is 0.0555. The summed E-state index contributed by atoms with van der Waals surface area (Å²) in [6.45, 7) is 4.11. The smallest absolute Gasteiger partial charge is 0.273 e. The van der Waals surface area contributed by atoms with Crippen molar-refractivity contribution >= 4 is 17.5 Å². The van der Waals surface area contributed by atoms with Gasteiger partial charge in [0.25, 0.3) is 5.91 Å². The van der Waals surface area contributed by atoms with E-state index in [1.165, 1.54) is 16.4 Å². The largest absolute Gasteiger partial charge is 0.493 e. The topological polar surface area (TPSA) is 47.4 Å². The highest BCUT2D eigenvalue weighted by Gasteiger charge is 2.28. The molecule has 128 valence electrons. The van der Waals surface area contributed by atoms with Gasteiger partial charge in [0.15, 0.2) is 0 Å². The van der Waals surface area contributed by atoms with Crippen molar-refractivity contribution < 1.29 is 9.53 Å². The molecule has 0 saturated carbocycles. The molecule has 0 radical (unpaired) electrons. The van der Waals surface area contributed by atoms with E-state index in [0.29, 0.717) is 29.8 Å². The van der Waals surface area contributed by atoms with Gasteiger partial charge in [0.05, 0.1) is 17.8 Å². The summed E-state index contributed by atoms with van der Waals surface area (Å²) in [7, 11) is 1.74. The molecule has 0 bridgehead atoms. The van der Waals surface area contributed by atoms with Gasteiger partial charge in [-0.05, 0) is 31.9 Å². The lowest BCUT2D eigenvalue weighted by atomic mass is 9.98. The summed E-state index contributed by atoms with van der Waals surface area (Å²) in [6.07, 6.45) is 3.55. The normalized spacial score (nSPS) is 17.8. The van der Waals surface area contributed by atoms with Gasteiger partial charge in [-0.2, -0.15) is 5.10 Å². The molecule has 3 rings (SSSR count).